The van der Waals surface area contributed by atoms with Gasteiger partial charge in [0.2, 0.25) is 0 Å². The van der Waals surface area contributed by atoms with E-state index >= 15 is 0 Å². The van der Waals surface area contributed by atoms with Crippen LogP contribution >= 0.6 is 0 Å². The quantitative estimate of drug-likeness (QED) is 0.831. The van der Waals surface area contributed by atoms with Crippen molar-refractivity contribution in [3.8, 4) is 5.75 Å². The van der Waals surface area contributed by atoms with Crippen LogP contribution in [-0.4, -0.2) is 13.7 Å². The van der Waals surface area contributed by atoms with Gasteiger partial charge in [0.1, 0.15) is 0 Å². The topological polar surface area (TPSA) is 21.3 Å². The second-order valence-electron chi connectivity index (χ2n) is 4.42. The monoisotopic (exact) mass is 225 g/mol. The van der Waals surface area contributed by atoms with Crippen LogP contribution in [0.1, 0.15) is 32.4 Å². The van der Waals surface area contributed by atoms with Crippen molar-refractivity contribution in [2.45, 2.75) is 26.8 Å². The van der Waals surface area contributed by atoms with Crippen molar-refractivity contribution in [3.63, 3.8) is 0 Å². The Labute approximate surface area is 96.8 Å². The Bertz CT molecular complexity index is 339. The van der Waals surface area contributed by atoms with Crippen molar-refractivity contribution in [1.29, 1.82) is 0 Å². The lowest BCUT2D eigenvalue weighted by molar-refractivity contribution is 0.385. The molecule has 2 nitrogen and oxygen atoms in total. The summed E-state index contributed by atoms with van der Waals surface area (Å²) in [6, 6.07) is 5.23. The molecule has 0 aliphatic heterocycles. The van der Waals surface area contributed by atoms with Gasteiger partial charge in [-0.25, -0.2) is 4.39 Å². The fraction of sp³-hybridized carbons (Fsp3) is 0.538. The lowest BCUT2D eigenvalue weighted by Crippen LogP contribution is -2.23. The van der Waals surface area contributed by atoms with E-state index in [1.807, 2.05) is 13.0 Å². The Morgan fingerprint density at radius 1 is 1.31 bits per heavy atom. The molecule has 0 aliphatic carbocycles. The van der Waals surface area contributed by atoms with Crippen LogP contribution in [0.3, 0.4) is 0 Å². The average Bonchev–Trinajstić information content (AvgIpc) is 2.25. The Morgan fingerprint density at radius 3 is 2.50 bits per heavy atom. The molecule has 1 N–H and O–H groups in total. The lowest BCUT2D eigenvalue weighted by Gasteiger charge is -2.16. The van der Waals surface area contributed by atoms with Gasteiger partial charge in [-0.05, 0) is 37.1 Å². The van der Waals surface area contributed by atoms with Gasteiger partial charge in [-0.2, -0.15) is 0 Å². The summed E-state index contributed by atoms with van der Waals surface area (Å²) in [6.07, 6.45) is 0. The maximum atomic E-state index is 13.5. The number of ether oxygens (including phenoxy) is 1. The molecule has 0 saturated heterocycles. The molecule has 16 heavy (non-hydrogen) atoms. The summed E-state index contributed by atoms with van der Waals surface area (Å²) in [5.41, 5.74) is 0.943. The van der Waals surface area contributed by atoms with Crippen LogP contribution in [0.2, 0.25) is 0 Å². The lowest BCUT2D eigenvalue weighted by atomic mass is 10.1. The third-order valence-electron chi connectivity index (χ3n) is 2.51. The van der Waals surface area contributed by atoms with Crippen molar-refractivity contribution in [2.75, 3.05) is 13.7 Å². The Hall–Kier alpha value is -1.09. The molecule has 0 aromatic heterocycles. The number of rotatable bonds is 5. The maximum Gasteiger partial charge on any atom is 0.165 e. The first-order valence-electron chi connectivity index (χ1n) is 5.61. The van der Waals surface area contributed by atoms with Crippen molar-refractivity contribution < 1.29 is 9.13 Å². The van der Waals surface area contributed by atoms with Crippen molar-refractivity contribution in [2.24, 2.45) is 5.92 Å². The first-order valence-corrected chi connectivity index (χ1v) is 5.61. The molecular formula is C13H20FNO. The van der Waals surface area contributed by atoms with Crippen LogP contribution in [-0.2, 0) is 0 Å². The van der Waals surface area contributed by atoms with Gasteiger partial charge in [0.25, 0.3) is 0 Å². The minimum absolute atomic E-state index is 0.155. The maximum absolute atomic E-state index is 13.5. The smallest absolute Gasteiger partial charge is 0.165 e. The molecule has 1 rings (SSSR count). The van der Waals surface area contributed by atoms with Crippen molar-refractivity contribution in [1.82, 2.24) is 5.32 Å². The molecule has 0 saturated carbocycles. The Morgan fingerprint density at radius 2 is 2.00 bits per heavy atom. The minimum Gasteiger partial charge on any atom is -0.494 e. The van der Waals surface area contributed by atoms with Crippen LogP contribution < -0.4 is 10.1 Å². The van der Waals surface area contributed by atoms with Crippen molar-refractivity contribution >= 4 is 0 Å². The molecule has 0 unspecified atom stereocenters. The summed E-state index contributed by atoms with van der Waals surface area (Å²) < 4.78 is 18.3. The third-order valence-corrected chi connectivity index (χ3v) is 2.51. The molecule has 3 heteroatoms. The first-order chi connectivity index (χ1) is 7.54. The van der Waals surface area contributed by atoms with Crippen LogP contribution in [0.5, 0.6) is 5.75 Å². The van der Waals surface area contributed by atoms with Crippen LogP contribution in [0.4, 0.5) is 4.39 Å². The normalized spacial score (nSPS) is 12.9. The minimum atomic E-state index is -0.307. The molecule has 1 atom stereocenters. The second kappa shape index (κ2) is 5.85. The highest BCUT2D eigenvalue weighted by atomic mass is 19.1. The van der Waals surface area contributed by atoms with Gasteiger partial charge < -0.3 is 10.1 Å². The number of hydrogen-bond donors (Lipinski definition) is 1. The zero-order chi connectivity index (χ0) is 12.1. The van der Waals surface area contributed by atoms with E-state index in [1.165, 1.54) is 13.2 Å². The fourth-order valence-electron chi connectivity index (χ4n) is 1.48. The van der Waals surface area contributed by atoms with Gasteiger partial charge in [-0.15, -0.1) is 0 Å². The van der Waals surface area contributed by atoms with E-state index in [0.717, 1.165) is 12.1 Å². The molecular weight excluding hydrogens is 205 g/mol. The molecule has 0 bridgehead atoms. The van der Waals surface area contributed by atoms with Crippen LogP contribution in [0.15, 0.2) is 18.2 Å². The summed E-state index contributed by atoms with van der Waals surface area (Å²) in [7, 11) is 1.47. The number of hydrogen-bond acceptors (Lipinski definition) is 2. The Kier molecular flexibility index (Phi) is 4.74. The zero-order valence-electron chi connectivity index (χ0n) is 10.4. The van der Waals surface area contributed by atoms with E-state index in [9.17, 15) is 4.39 Å². The zero-order valence-corrected chi connectivity index (χ0v) is 10.4. The largest absolute Gasteiger partial charge is 0.494 e. The van der Waals surface area contributed by atoms with Crippen LogP contribution in [0.25, 0.3) is 0 Å². The SMILES string of the molecule is COc1ccc([C@@H](C)NCC(C)C)cc1F. The molecule has 1 aromatic rings. The third kappa shape index (κ3) is 3.49. The predicted molar refractivity (Wildman–Crippen MR) is 64.2 cm³/mol. The molecule has 0 heterocycles. The van der Waals surface area contributed by atoms with Gasteiger partial charge in [0, 0.05) is 6.04 Å². The highest BCUT2D eigenvalue weighted by molar-refractivity contribution is 5.30. The summed E-state index contributed by atoms with van der Waals surface area (Å²) >= 11 is 0. The highest BCUT2D eigenvalue weighted by Gasteiger charge is 2.09. The molecule has 0 radical (unpaired) electrons. The van der Waals surface area contributed by atoms with Crippen molar-refractivity contribution in [3.05, 3.63) is 29.6 Å². The highest BCUT2D eigenvalue weighted by Crippen LogP contribution is 2.21. The molecule has 90 valence electrons. The Balaban J connectivity index is 2.69. The van der Waals surface area contributed by atoms with E-state index < -0.39 is 0 Å². The predicted octanol–water partition coefficient (Wildman–Crippen LogP) is 3.14. The molecule has 0 spiro atoms. The number of nitrogens with one attached hydrogen (secondary N) is 1. The van der Waals surface area contributed by atoms with E-state index in [-0.39, 0.29) is 11.9 Å². The summed E-state index contributed by atoms with van der Waals surface area (Å²) in [6.45, 7) is 7.25. The van der Waals surface area contributed by atoms with Gasteiger partial charge in [0.05, 0.1) is 7.11 Å². The molecule has 0 aliphatic rings. The summed E-state index contributed by atoms with van der Waals surface area (Å²) in [5.74, 6) is 0.573. The van der Waals surface area contributed by atoms with Gasteiger partial charge >= 0.3 is 0 Å². The van der Waals surface area contributed by atoms with Gasteiger partial charge in [0.15, 0.2) is 11.6 Å². The van der Waals surface area contributed by atoms with E-state index in [4.69, 9.17) is 4.74 Å². The molecule has 0 amide bonds. The van der Waals surface area contributed by atoms with Gasteiger partial charge in [-0.1, -0.05) is 19.9 Å². The second-order valence-corrected chi connectivity index (χ2v) is 4.42. The summed E-state index contributed by atoms with van der Waals surface area (Å²) in [4.78, 5) is 0. The van der Waals surface area contributed by atoms with E-state index in [1.54, 1.807) is 6.07 Å². The number of methoxy groups -OCH3 is 1. The average molecular weight is 225 g/mol. The summed E-state index contributed by atoms with van der Waals surface area (Å²) in [5, 5.41) is 3.36. The number of halogens is 1. The van der Waals surface area contributed by atoms with Gasteiger partial charge in [-0.3, -0.25) is 0 Å². The standard InChI is InChI=1S/C13H20FNO/c1-9(2)8-15-10(3)11-5-6-13(16-4)12(14)7-11/h5-7,9-10,15H,8H2,1-4H3/t10-/m1/s1. The number of benzene rings is 1. The van der Waals surface area contributed by atoms with E-state index in [0.29, 0.717) is 11.7 Å². The molecule has 0 fully saturated rings. The van der Waals surface area contributed by atoms with E-state index in [2.05, 4.69) is 19.2 Å². The fourth-order valence-corrected chi connectivity index (χ4v) is 1.48. The van der Waals surface area contributed by atoms with Crippen LogP contribution in [0, 0.1) is 11.7 Å². The first kappa shape index (κ1) is 13.0. The molecule has 1 aromatic carbocycles.